The van der Waals surface area contributed by atoms with Gasteiger partial charge in [0.15, 0.2) is 0 Å². The highest BCUT2D eigenvalue weighted by molar-refractivity contribution is 5.91. The minimum Gasteiger partial charge on any atom is -0.390 e. The molecule has 4 rings (SSSR count). The van der Waals surface area contributed by atoms with Crippen molar-refractivity contribution in [3.8, 4) is 0 Å². The van der Waals surface area contributed by atoms with Crippen LogP contribution < -0.4 is 0 Å². The molecule has 4 fully saturated rings. The van der Waals surface area contributed by atoms with E-state index in [1.165, 1.54) is 0 Å². The second-order valence-corrected chi connectivity index (χ2v) is 6.39. The van der Waals surface area contributed by atoms with Crippen molar-refractivity contribution in [2.24, 2.45) is 23.2 Å². The van der Waals surface area contributed by atoms with Gasteiger partial charge in [-0.3, -0.25) is 4.79 Å². The lowest BCUT2D eigenvalue weighted by Crippen LogP contribution is -2.55. The number of halogens is 2. The van der Waals surface area contributed by atoms with Crippen LogP contribution in [0.25, 0.3) is 0 Å². The number of ketones is 1. The van der Waals surface area contributed by atoms with Gasteiger partial charge in [0.1, 0.15) is 6.61 Å². The van der Waals surface area contributed by atoms with Gasteiger partial charge in [-0.1, -0.05) is 0 Å². The lowest BCUT2D eigenvalue weighted by molar-refractivity contribution is -0.173. The molecule has 0 unspecified atom stereocenters. The second kappa shape index (κ2) is 3.50. The number of rotatable bonds is 3. The molecule has 0 radical (unpaired) electrons. The summed E-state index contributed by atoms with van der Waals surface area (Å²) in [6, 6.07) is 0. The summed E-state index contributed by atoms with van der Waals surface area (Å²) < 4.78 is 26.9. The maximum Gasteiger partial charge on any atom is 0.328 e. The van der Waals surface area contributed by atoms with Crippen molar-refractivity contribution in [1.82, 2.24) is 0 Å². The fraction of sp³-hybridized carbons (Fsp3) is 0.923. The Kier molecular flexibility index (Phi) is 2.38. The number of aliphatic hydroxyl groups is 1. The summed E-state index contributed by atoms with van der Waals surface area (Å²) >= 11 is 0. The van der Waals surface area contributed by atoms with Crippen molar-refractivity contribution < 1.29 is 18.7 Å². The molecule has 0 aliphatic heterocycles. The van der Waals surface area contributed by atoms with Crippen molar-refractivity contribution in [3.05, 3.63) is 0 Å². The molecule has 0 saturated heterocycles. The molecular weight excluding hydrogens is 226 g/mol. The molecule has 4 aliphatic carbocycles. The maximum atomic E-state index is 13.5. The van der Waals surface area contributed by atoms with Crippen molar-refractivity contribution >= 4 is 5.78 Å². The van der Waals surface area contributed by atoms with Gasteiger partial charge in [-0.25, -0.2) is 0 Å². The Bertz CT molecular complexity index is 316. The zero-order valence-corrected chi connectivity index (χ0v) is 9.79. The molecule has 1 N–H and O–H groups in total. The first kappa shape index (κ1) is 11.6. The quantitative estimate of drug-likeness (QED) is 0.827. The van der Waals surface area contributed by atoms with Gasteiger partial charge >= 0.3 is 5.92 Å². The molecule has 0 spiro atoms. The molecule has 0 aromatic heterocycles. The summed E-state index contributed by atoms with van der Waals surface area (Å²) in [5.74, 6) is -3.10. The molecule has 0 aromatic rings. The normalized spacial score (nSPS) is 44.1. The van der Waals surface area contributed by atoms with E-state index in [-0.39, 0.29) is 0 Å². The Labute approximate surface area is 99.4 Å². The first-order chi connectivity index (χ1) is 7.95. The molecule has 4 bridgehead atoms. The fourth-order valence-corrected chi connectivity index (χ4v) is 4.85. The second-order valence-electron chi connectivity index (χ2n) is 6.39. The van der Waals surface area contributed by atoms with E-state index in [9.17, 15) is 13.6 Å². The van der Waals surface area contributed by atoms with E-state index in [4.69, 9.17) is 5.11 Å². The standard InChI is InChI=1S/C13H18F2O2/c14-13(15,7-16)11(17)12-4-8-1-9(5-12)3-10(2-8)6-12/h8-10,16H,1-7H2. The highest BCUT2D eigenvalue weighted by atomic mass is 19.3. The predicted molar refractivity (Wildman–Crippen MR) is 57.6 cm³/mol. The number of alkyl halides is 2. The number of hydrogen-bond donors (Lipinski definition) is 1. The molecule has 0 amide bonds. The van der Waals surface area contributed by atoms with Crippen LogP contribution in [0, 0.1) is 23.2 Å². The Balaban J connectivity index is 1.89. The van der Waals surface area contributed by atoms with Gasteiger partial charge in [-0.05, 0) is 56.3 Å². The van der Waals surface area contributed by atoms with E-state index in [0.29, 0.717) is 37.0 Å². The number of Topliss-reactive ketones (excluding diaryl/α,β-unsaturated/α-hetero) is 1. The van der Waals surface area contributed by atoms with Crippen molar-refractivity contribution in [2.75, 3.05) is 6.61 Å². The van der Waals surface area contributed by atoms with E-state index < -0.39 is 23.7 Å². The van der Waals surface area contributed by atoms with Crippen LogP contribution in [-0.4, -0.2) is 23.4 Å². The van der Waals surface area contributed by atoms with Gasteiger partial charge in [0.05, 0.1) is 0 Å². The summed E-state index contributed by atoms with van der Waals surface area (Å²) in [5, 5.41) is 8.70. The summed E-state index contributed by atoms with van der Waals surface area (Å²) in [6.07, 6.45) is 5.26. The van der Waals surface area contributed by atoms with Gasteiger partial charge in [0.2, 0.25) is 5.78 Å². The molecule has 2 nitrogen and oxygen atoms in total. The van der Waals surface area contributed by atoms with Gasteiger partial charge in [-0.2, -0.15) is 8.78 Å². The molecule has 17 heavy (non-hydrogen) atoms. The molecule has 0 heterocycles. The largest absolute Gasteiger partial charge is 0.390 e. The monoisotopic (exact) mass is 244 g/mol. The molecule has 0 aromatic carbocycles. The van der Waals surface area contributed by atoms with Crippen LogP contribution in [0.5, 0.6) is 0 Å². The maximum absolute atomic E-state index is 13.5. The Morgan fingerprint density at radius 1 is 1.12 bits per heavy atom. The summed E-state index contributed by atoms with van der Waals surface area (Å²) in [5.41, 5.74) is -0.805. The van der Waals surface area contributed by atoms with Crippen LogP contribution >= 0.6 is 0 Å². The lowest BCUT2D eigenvalue weighted by atomic mass is 9.48. The van der Waals surface area contributed by atoms with Crippen molar-refractivity contribution in [1.29, 1.82) is 0 Å². The van der Waals surface area contributed by atoms with Crippen LogP contribution in [0.4, 0.5) is 8.78 Å². The Morgan fingerprint density at radius 3 is 1.88 bits per heavy atom. The zero-order chi connectivity index (χ0) is 12.3. The minimum atomic E-state index is -3.54. The molecule has 4 heteroatoms. The Hall–Kier alpha value is -0.510. The topological polar surface area (TPSA) is 37.3 Å². The molecule has 96 valence electrons. The van der Waals surface area contributed by atoms with E-state index in [1.54, 1.807) is 0 Å². The van der Waals surface area contributed by atoms with E-state index in [1.807, 2.05) is 0 Å². The smallest absolute Gasteiger partial charge is 0.328 e. The highest BCUT2D eigenvalue weighted by Gasteiger charge is 2.59. The van der Waals surface area contributed by atoms with E-state index >= 15 is 0 Å². The lowest BCUT2D eigenvalue weighted by Gasteiger charge is -2.56. The average molecular weight is 244 g/mol. The van der Waals surface area contributed by atoms with Gasteiger partial charge in [0, 0.05) is 5.41 Å². The highest BCUT2D eigenvalue weighted by Crippen LogP contribution is 2.61. The van der Waals surface area contributed by atoms with Gasteiger partial charge in [-0.15, -0.1) is 0 Å². The van der Waals surface area contributed by atoms with Gasteiger partial charge in [0.25, 0.3) is 0 Å². The van der Waals surface area contributed by atoms with Crippen LogP contribution in [0.2, 0.25) is 0 Å². The summed E-state index contributed by atoms with van der Waals surface area (Å²) in [6.45, 7) is -1.34. The van der Waals surface area contributed by atoms with Crippen LogP contribution in [-0.2, 0) is 4.79 Å². The number of carbonyl (C=O) groups is 1. The van der Waals surface area contributed by atoms with E-state index in [2.05, 4.69) is 0 Å². The minimum absolute atomic E-state index is 0.472. The third-order valence-electron chi connectivity index (χ3n) is 5.05. The number of hydrogen-bond acceptors (Lipinski definition) is 2. The summed E-state index contributed by atoms with van der Waals surface area (Å²) in [4.78, 5) is 12.0. The first-order valence-electron chi connectivity index (χ1n) is 6.49. The van der Waals surface area contributed by atoms with Crippen LogP contribution in [0.15, 0.2) is 0 Å². The molecule has 4 saturated carbocycles. The Morgan fingerprint density at radius 2 is 1.53 bits per heavy atom. The van der Waals surface area contributed by atoms with Crippen molar-refractivity contribution in [3.63, 3.8) is 0 Å². The van der Waals surface area contributed by atoms with E-state index in [0.717, 1.165) is 19.3 Å². The summed E-state index contributed by atoms with van der Waals surface area (Å²) in [7, 11) is 0. The van der Waals surface area contributed by atoms with Gasteiger partial charge < -0.3 is 5.11 Å². The average Bonchev–Trinajstić information content (AvgIpc) is 2.26. The third-order valence-corrected chi connectivity index (χ3v) is 5.05. The predicted octanol–water partition coefficient (Wildman–Crippen LogP) is 2.40. The first-order valence-corrected chi connectivity index (χ1v) is 6.49. The molecular formula is C13H18F2O2. The van der Waals surface area contributed by atoms with Crippen LogP contribution in [0.3, 0.4) is 0 Å². The van der Waals surface area contributed by atoms with Crippen molar-refractivity contribution in [2.45, 2.75) is 44.4 Å². The molecule has 4 aliphatic rings. The number of carbonyl (C=O) groups excluding carboxylic acids is 1. The van der Waals surface area contributed by atoms with Crippen LogP contribution in [0.1, 0.15) is 38.5 Å². The molecule has 0 atom stereocenters. The zero-order valence-electron chi connectivity index (χ0n) is 9.79. The SMILES string of the molecule is O=C(C(F)(F)CO)C12CC3CC(CC(C3)C1)C2. The number of aliphatic hydroxyl groups excluding tert-OH is 1. The third kappa shape index (κ3) is 1.64. The fourth-order valence-electron chi connectivity index (χ4n) is 4.85.